The van der Waals surface area contributed by atoms with Crippen molar-refractivity contribution in [2.45, 2.75) is 26.2 Å². The van der Waals surface area contributed by atoms with Gasteiger partial charge in [0.1, 0.15) is 5.15 Å². The average molecular weight is 368 g/mol. The molecular formula is C16H16BrClN2O. The predicted octanol–water partition coefficient (Wildman–Crippen LogP) is 5.05. The first-order valence-electron chi connectivity index (χ1n) is 6.50. The summed E-state index contributed by atoms with van der Waals surface area (Å²) in [6.45, 7) is 6.41. The van der Waals surface area contributed by atoms with Gasteiger partial charge in [-0.25, -0.2) is 4.98 Å². The molecule has 1 N–H and O–H groups in total. The molecule has 1 aromatic carbocycles. The Morgan fingerprint density at radius 3 is 2.38 bits per heavy atom. The number of amides is 1. The molecule has 1 aromatic heterocycles. The lowest BCUT2D eigenvalue weighted by Gasteiger charge is -2.19. The quantitative estimate of drug-likeness (QED) is 0.755. The number of benzene rings is 1. The molecule has 0 saturated heterocycles. The average Bonchev–Trinajstić information content (AvgIpc) is 2.42. The summed E-state index contributed by atoms with van der Waals surface area (Å²) in [5.41, 5.74) is 2.46. The topological polar surface area (TPSA) is 42.0 Å². The Kier molecular flexibility index (Phi) is 4.69. The van der Waals surface area contributed by atoms with Crippen molar-refractivity contribution >= 4 is 39.1 Å². The van der Waals surface area contributed by atoms with Crippen LogP contribution >= 0.6 is 27.5 Å². The third kappa shape index (κ3) is 4.05. The minimum absolute atomic E-state index is 0.0694. The van der Waals surface area contributed by atoms with Crippen LogP contribution in [0.5, 0.6) is 0 Å². The molecule has 1 heterocycles. The van der Waals surface area contributed by atoms with E-state index in [4.69, 9.17) is 11.6 Å². The number of pyridine rings is 1. The van der Waals surface area contributed by atoms with Crippen LogP contribution in [0.2, 0.25) is 5.15 Å². The fourth-order valence-corrected chi connectivity index (χ4v) is 2.27. The molecule has 0 unspecified atom stereocenters. The van der Waals surface area contributed by atoms with Gasteiger partial charge >= 0.3 is 0 Å². The van der Waals surface area contributed by atoms with Crippen LogP contribution in [-0.4, -0.2) is 10.9 Å². The van der Waals surface area contributed by atoms with Gasteiger partial charge in [-0.05, 0) is 45.1 Å². The zero-order valence-electron chi connectivity index (χ0n) is 12.1. The highest BCUT2D eigenvalue weighted by Crippen LogP contribution is 2.24. The van der Waals surface area contributed by atoms with Crippen molar-refractivity contribution in [2.24, 2.45) is 0 Å². The highest BCUT2D eigenvalue weighted by Gasteiger charge is 2.14. The molecule has 0 fully saturated rings. The molecule has 2 aromatic rings. The second-order valence-corrected chi connectivity index (χ2v) is 6.99. The lowest BCUT2D eigenvalue weighted by molar-refractivity contribution is 0.102. The number of hydrogen-bond donors (Lipinski definition) is 1. The van der Waals surface area contributed by atoms with E-state index in [9.17, 15) is 4.79 Å². The monoisotopic (exact) mass is 366 g/mol. The summed E-state index contributed by atoms with van der Waals surface area (Å²) in [5.74, 6) is -0.175. The van der Waals surface area contributed by atoms with Crippen LogP contribution < -0.4 is 5.32 Å². The summed E-state index contributed by atoms with van der Waals surface area (Å²) in [7, 11) is 0. The maximum Gasteiger partial charge on any atom is 0.255 e. The van der Waals surface area contributed by atoms with E-state index in [0.717, 1.165) is 0 Å². The standard InChI is InChI=1S/C16H16BrClN2O/c1-16(2,3)11-6-4-10(5-7-11)15(21)20-12-8-13(17)14(18)19-9-12/h4-9H,1-3H3,(H,20,21). The number of nitrogens with zero attached hydrogens (tertiary/aromatic N) is 1. The molecule has 0 saturated carbocycles. The van der Waals surface area contributed by atoms with Crippen molar-refractivity contribution in [2.75, 3.05) is 5.32 Å². The van der Waals surface area contributed by atoms with Crippen LogP contribution in [0.25, 0.3) is 0 Å². The number of nitrogens with one attached hydrogen (secondary N) is 1. The molecule has 0 aliphatic carbocycles. The number of carbonyl (C=O) groups is 1. The van der Waals surface area contributed by atoms with E-state index in [2.05, 4.69) is 47.0 Å². The van der Waals surface area contributed by atoms with Crippen LogP contribution in [0.15, 0.2) is 41.0 Å². The third-order valence-corrected chi connectivity index (χ3v) is 4.20. The molecule has 5 heteroatoms. The summed E-state index contributed by atoms with van der Waals surface area (Å²) in [6.07, 6.45) is 1.52. The zero-order chi connectivity index (χ0) is 15.6. The Morgan fingerprint density at radius 2 is 1.86 bits per heavy atom. The molecule has 110 valence electrons. The van der Waals surface area contributed by atoms with Gasteiger partial charge in [0.25, 0.3) is 5.91 Å². The molecule has 0 spiro atoms. The Labute approximate surface area is 137 Å². The van der Waals surface area contributed by atoms with Gasteiger partial charge in [0.05, 0.1) is 16.4 Å². The van der Waals surface area contributed by atoms with Gasteiger partial charge in [0, 0.05) is 5.56 Å². The van der Waals surface area contributed by atoms with Crippen molar-refractivity contribution in [1.29, 1.82) is 0 Å². The summed E-state index contributed by atoms with van der Waals surface area (Å²) in [6, 6.07) is 9.33. The number of carbonyl (C=O) groups excluding carboxylic acids is 1. The molecular weight excluding hydrogens is 352 g/mol. The lowest BCUT2D eigenvalue weighted by Crippen LogP contribution is -2.14. The van der Waals surface area contributed by atoms with Gasteiger partial charge < -0.3 is 5.32 Å². The van der Waals surface area contributed by atoms with Gasteiger partial charge in [-0.1, -0.05) is 44.5 Å². The molecule has 0 aliphatic rings. The van der Waals surface area contributed by atoms with E-state index in [1.54, 1.807) is 6.07 Å². The summed E-state index contributed by atoms with van der Waals surface area (Å²) < 4.78 is 0.644. The van der Waals surface area contributed by atoms with Crippen molar-refractivity contribution in [3.63, 3.8) is 0 Å². The molecule has 2 rings (SSSR count). The van der Waals surface area contributed by atoms with Crippen molar-refractivity contribution < 1.29 is 4.79 Å². The summed E-state index contributed by atoms with van der Waals surface area (Å²) in [4.78, 5) is 16.2. The van der Waals surface area contributed by atoms with Gasteiger partial charge in [0.2, 0.25) is 0 Å². The SMILES string of the molecule is CC(C)(C)c1ccc(C(=O)Nc2cnc(Cl)c(Br)c2)cc1. The largest absolute Gasteiger partial charge is 0.321 e. The second kappa shape index (κ2) is 6.16. The highest BCUT2D eigenvalue weighted by atomic mass is 79.9. The first kappa shape index (κ1) is 16.0. The van der Waals surface area contributed by atoms with Gasteiger partial charge in [-0.3, -0.25) is 4.79 Å². The Morgan fingerprint density at radius 1 is 1.24 bits per heavy atom. The fourth-order valence-electron chi connectivity index (χ4n) is 1.81. The van der Waals surface area contributed by atoms with E-state index in [1.807, 2.05) is 24.3 Å². The molecule has 0 radical (unpaired) electrons. The van der Waals surface area contributed by atoms with Crippen LogP contribution in [0, 0.1) is 0 Å². The molecule has 0 atom stereocenters. The minimum Gasteiger partial charge on any atom is -0.321 e. The normalized spacial score (nSPS) is 11.3. The third-order valence-electron chi connectivity index (χ3n) is 3.07. The predicted molar refractivity (Wildman–Crippen MR) is 90.0 cm³/mol. The first-order chi connectivity index (χ1) is 9.77. The molecule has 0 bridgehead atoms. The maximum absolute atomic E-state index is 12.2. The van der Waals surface area contributed by atoms with E-state index >= 15 is 0 Å². The number of rotatable bonds is 2. The summed E-state index contributed by atoms with van der Waals surface area (Å²) >= 11 is 9.10. The first-order valence-corrected chi connectivity index (χ1v) is 7.67. The van der Waals surface area contributed by atoms with E-state index < -0.39 is 0 Å². The van der Waals surface area contributed by atoms with E-state index in [1.165, 1.54) is 11.8 Å². The summed E-state index contributed by atoms with van der Waals surface area (Å²) in [5, 5.41) is 3.16. The van der Waals surface area contributed by atoms with E-state index in [0.29, 0.717) is 20.9 Å². The van der Waals surface area contributed by atoms with Crippen molar-refractivity contribution in [1.82, 2.24) is 4.98 Å². The number of hydrogen-bond acceptors (Lipinski definition) is 2. The van der Waals surface area contributed by atoms with Crippen LogP contribution in [0.4, 0.5) is 5.69 Å². The molecule has 21 heavy (non-hydrogen) atoms. The van der Waals surface area contributed by atoms with Crippen LogP contribution in [0.1, 0.15) is 36.7 Å². The Balaban J connectivity index is 2.15. The van der Waals surface area contributed by atoms with Gasteiger partial charge in [-0.15, -0.1) is 0 Å². The maximum atomic E-state index is 12.2. The van der Waals surface area contributed by atoms with Crippen molar-refractivity contribution in [3.8, 4) is 0 Å². The highest BCUT2D eigenvalue weighted by molar-refractivity contribution is 9.10. The molecule has 0 aliphatic heterocycles. The Bertz CT molecular complexity index is 663. The molecule has 1 amide bonds. The molecule has 3 nitrogen and oxygen atoms in total. The van der Waals surface area contributed by atoms with Crippen LogP contribution in [0.3, 0.4) is 0 Å². The van der Waals surface area contributed by atoms with Crippen LogP contribution in [-0.2, 0) is 5.41 Å². The van der Waals surface area contributed by atoms with E-state index in [-0.39, 0.29) is 11.3 Å². The Hall–Kier alpha value is -1.39. The lowest BCUT2D eigenvalue weighted by atomic mass is 9.87. The minimum atomic E-state index is -0.175. The number of halogens is 2. The smallest absolute Gasteiger partial charge is 0.255 e. The fraction of sp³-hybridized carbons (Fsp3) is 0.250. The van der Waals surface area contributed by atoms with Gasteiger partial charge in [0.15, 0.2) is 0 Å². The van der Waals surface area contributed by atoms with Crippen molar-refractivity contribution in [3.05, 3.63) is 57.3 Å². The number of anilines is 1. The number of aromatic nitrogens is 1. The van der Waals surface area contributed by atoms with Gasteiger partial charge in [-0.2, -0.15) is 0 Å². The zero-order valence-corrected chi connectivity index (χ0v) is 14.4. The second-order valence-electron chi connectivity index (χ2n) is 5.78.